The van der Waals surface area contributed by atoms with Crippen molar-refractivity contribution < 1.29 is 14.3 Å². The fourth-order valence-electron chi connectivity index (χ4n) is 4.82. The Morgan fingerprint density at radius 2 is 1.97 bits per heavy atom. The number of rotatable bonds is 5. The minimum Gasteiger partial charge on any atom is -0.471 e. The molecule has 39 heavy (non-hydrogen) atoms. The third-order valence-corrected chi connectivity index (χ3v) is 6.80. The summed E-state index contributed by atoms with van der Waals surface area (Å²) in [6, 6.07) is 9.86. The van der Waals surface area contributed by atoms with Gasteiger partial charge in [-0.1, -0.05) is 11.3 Å². The number of carbonyl (C=O) groups is 1. The van der Waals surface area contributed by atoms with Crippen LogP contribution in [-0.4, -0.2) is 59.0 Å². The van der Waals surface area contributed by atoms with E-state index in [-0.39, 0.29) is 18.2 Å². The summed E-state index contributed by atoms with van der Waals surface area (Å²) >= 11 is 0. The van der Waals surface area contributed by atoms with Crippen LogP contribution in [-0.2, 0) is 4.74 Å². The first kappa shape index (κ1) is 26.2. The van der Waals surface area contributed by atoms with E-state index in [1.165, 1.54) is 6.20 Å². The zero-order valence-electron chi connectivity index (χ0n) is 22.8. The van der Waals surface area contributed by atoms with Gasteiger partial charge in [0.15, 0.2) is 0 Å². The Morgan fingerprint density at radius 3 is 2.64 bits per heavy atom. The number of piperidine rings is 1. The van der Waals surface area contributed by atoms with Gasteiger partial charge in [-0.05, 0) is 59.6 Å². The van der Waals surface area contributed by atoms with Crippen LogP contribution in [0.5, 0.6) is 5.88 Å². The highest BCUT2D eigenvalue weighted by Crippen LogP contribution is 2.33. The maximum atomic E-state index is 12.5. The van der Waals surface area contributed by atoms with Crippen molar-refractivity contribution in [3.05, 3.63) is 59.8 Å². The van der Waals surface area contributed by atoms with E-state index in [4.69, 9.17) is 9.47 Å². The summed E-state index contributed by atoms with van der Waals surface area (Å²) in [5, 5.41) is 18.7. The van der Waals surface area contributed by atoms with Gasteiger partial charge < -0.3 is 14.4 Å². The summed E-state index contributed by atoms with van der Waals surface area (Å²) < 4.78 is 15.5. The van der Waals surface area contributed by atoms with Crippen LogP contribution in [0.4, 0.5) is 4.79 Å². The zero-order chi connectivity index (χ0) is 27.7. The Morgan fingerprint density at radius 1 is 1.21 bits per heavy atom. The molecule has 1 atom stereocenters. The van der Waals surface area contributed by atoms with Crippen LogP contribution < -0.4 is 4.74 Å². The van der Waals surface area contributed by atoms with Gasteiger partial charge in [-0.2, -0.15) is 5.26 Å². The minimum atomic E-state index is -0.520. The van der Waals surface area contributed by atoms with Crippen LogP contribution in [0, 0.1) is 18.3 Å². The Kier molecular flexibility index (Phi) is 6.95. The molecule has 1 fully saturated rings. The summed E-state index contributed by atoms with van der Waals surface area (Å²) in [5.74, 6) is 0.479. The Balaban J connectivity index is 1.41. The maximum Gasteiger partial charge on any atom is 0.410 e. The average Bonchev–Trinajstić information content (AvgIpc) is 3.51. The first-order chi connectivity index (χ1) is 18.6. The van der Waals surface area contributed by atoms with Crippen molar-refractivity contribution in [3.8, 4) is 23.2 Å². The fraction of sp³-hybridized carbons (Fsp3) is 0.429. The number of hydrogen-bond donors (Lipinski definition) is 0. The van der Waals surface area contributed by atoms with Crippen LogP contribution >= 0.6 is 0 Å². The first-order valence-electron chi connectivity index (χ1n) is 13.0. The number of nitriles is 1. The van der Waals surface area contributed by atoms with E-state index in [2.05, 4.69) is 26.3 Å². The Labute approximate surface area is 227 Å². The largest absolute Gasteiger partial charge is 0.471 e. The lowest BCUT2D eigenvalue weighted by Gasteiger charge is -2.33. The monoisotopic (exact) mass is 528 g/mol. The molecule has 4 aromatic heterocycles. The molecule has 1 aliphatic rings. The Bertz CT molecular complexity index is 1520. The molecule has 1 saturated heterocycles. The van der Waals surface area contributed by atoms with Crippen LogP contribution in [0.2, 0.25) is 0 Å². The van der Waals surface area contributed by atoms with Crippen molar-refractivity contribution in [1.29, 1.82) is 5.26 Å². The van der Waals surface area contributed by atoms with Gasteiger partial charge in [-0.25, -0.2) is 14.5 Å². The molecule has 11 heteroatoms. The molecule has 0 radical (unpaired) electrons. The van der Waals surface area contributed by atoms with E-state index in [1.807, 2.05) is 63.6 Å². The van der Waals surface area contributed by atoms with Gasteiger partial charge in [0, 0.05) is 42.7 Å². The van der Waals surface area contributed by atoms with Gasteiger partial charge in [-0.15, -0.1) is 5.10 Å². The summed E-state index contributed by atoms with van der Waals surface area (Å²) in [6.45, 7) is 10.7. The van der Waals surface area contributed by atoms with Gasteiger partial charge in [0.2, 0.25) is 5.88 Å². The number of ether oxygens (including phenoxy) is 2. The van der Waals surface area contributed by atoms with E-state index >= 15 is 0 Å². The zero-order valence-corrected chi connectivity index (χ0v) is 22.8. The molecule has 5 rings (SSSR count). The molecule has 0 aliphatic carbocycles. The second kappa shape index (κ2) is 10.4. The van der Waals surface area contributed by atoms with Gasteiger partial charge in [0.05, 0.1) is 17.9 Å². The lowest BCUT2D eigenvalue weighted by molar-refractivity contribution is 0.0184. The van der Waals surface area contributed by atoms with E-state index in [9.17, 15) is 10.1 Å². The molecule has 0 aromatic carbocycles. The van der Waals surface area contributed by atoms with Gasteiger partial charge >= 0.3 is 6.09 Å². The van der Waals surface area contributed by atoms with Crippen LogP contribution in [0.15, 0.2) is 42.9 Å². The van der Waals surface area contributed by atoms with Gasteiger partial charge in [-0.3, -0.25) is 9.38 Å². The topological polar surface area (TPSA) is 123 Å². The summed E-state index contributed by atoms with van der Waals surface area (Å²) in [5.41, 5.74) is 3.77. The molecule has 1 aliphatic heterocycles. The SMILES string of the molecule is Cc1c(-c2cc(O[C@H](C)c3cccnc3)n3c(C#N)cnc3c2)nnn1C1CCN(C(=O)OC(C)(C)C)CC1. The molecule has 0 unspecified atom stereocenters. The predicted molar refractivity (Wildman–Crippen MR) is 143 cm³/mol. The number of fused-ring (bicyclic) bond motifs is 1. The lowest BCUT2D eigenvalue weighted by atomic mass is 10.0. The van der Waals surface area contributed by atoms with E-state index in [0.717, 1.165) is 29.7 Å². The number of pyridine rings is 2. The molecule has 0 N–H and O–H groups in total. The number of imidazole rings is 1. The van der Waals surface area contributed by atoms with Gasteiger partial charge in [0.25, 0.3) is 0 Å². The number of aromatic nitrogens is 6. The van der Waals surface area contributed by atoms with Crippen LogP contribution in [0.25, 0.3) is 16.9 Å². The number of carbonyl (C=O) groups excluding carboxylic acids is 1. The Hall–Kier alpha value is -4.46. The van der Waals surface area contributed by atoms with E-state index in [0.29, 0.717) is 36.0 Å². The normalized spacial score (nSPS) is 15.2. The molecule has 5 heterocycles. The van der Waals surface area contributed by atoms with Crippen LogP contribution in [0.3, 0.4) is 0 Å². The molecule has 202 valence electrons. The molecule has 4 aromatic rings. The number of likely N-dealkylation sites (tertiary alicyclic amines) is 1. The maximum absolute atomic E-state index is 12.5. The highest BCUT2D eigenvalue weighted by Gasteiger charge is 2.29. The second-order valence-corrected chi connectivity index (χ2v) is 10.7. The third-order valence-electron chi connectivity index (χ3n) is 6.80. The minimum absolute atomic E-state index is 0.117. The van der Waals surface area contributed by atoms with Crippen LogP contribution in [0.1, 0.15) is 69.6 Å². The number of nitrogens with zero attached hydrogens (tertiary/aromatic N) is 8. The standard InChI is InChI=1S/C28H32N8O3/c1-18-26(32-33-36(18)22-8-11-34(12-9-22)27(37)39-28(3,4)5)21-13-24-31-17-23(15-29)35(24)25(14-21)38-19(2)20-7-6-10-30-16-20/h6-7,10,13-14,16-17,19,22H,8-9,11-12H2,1-5H3/t19-/m1/s1. The number of hydrogen-bond acceptors (Lipinski definition) is 8. The molecule has 0 bridgehead atoms. The quantitative estimate of drug-likeness (QED) is 0.359. The first-order valence-corrected chi connectivity index (χ1v) is 13.0. The van der Waals surface area contributed by atoms with Gasteiger partial charge in [0.1, 0.15) is 34.8 Å². The average molecular weight is 529 g/mol. The van der Waals surface area contributed by atoms with E-state index < -0.39 is 5.60 Å². The van der Waals surface area contributed by atoms with Crippen molar-refractivity contribution in [2.75, 3.05) is 13.1 Å². The van der Waals surface area contributed by atoms with Crippen molar-refractivity contribution in [3.63, 3.8) is 0 Å². The molecule has 1 amide bonds. The highest BCUT2D eigenvalue weighted by molar-refractivity contribution is 5.69. The molecular formula is C28H32N8O3. The van der Waals surface area contributed by atoms with Crippen molar-refractivity contribution in [2.45, 2.75) is 65.2 Å². The molecular weight excluding hydrogens is 496 g/mol. The molecule has 0 saturated carbocycles. The summed E-state index contributed by atoms with van der Waals surface area (Å²) in [6.07, 6.45) is 5.92. The second-order valence-electron chi connectivity index (χ2n) is 10.7. The summed E-state index contributed by atoms with van der Waals surface area (Å²) in [4.78, 5) is 22.8. The number of amides is 1. The van der Waals surface area contributed by atoms with Crippen molar-refractivity contribution in [1.82, 2.24) is 34.3 Å². The molecule has 11 nitrogen and oxygen atoms in total. The predicted octanol–water partition coefficient (Wildman–Crippen LogP) is 4.88. The fourth-order valence-corrected chi connectivity index (χ4v) is 4.82. The van der Waals surface area contributed by atoms with Crippen molar-refractivity contribution in [2.24, 2.45) is 0 Å². The third kappa shape index (κ3) is 5.41. The lowest BCUT2D eigenvalue weighted by Crippen LogP contribution is -2.42. The highest BCUT2D eigenvalue weighted by atomic mass is 16.6. The summed E-state index contributed by atoms with van der Waals surface area (Å²) in [7, 11) is 0. The van der Waals surface area contributed by atoms with E-state index in [1.54, 1.807) is 21.7 Å². The molecule has 0 spiro atoms. The smallest absolute Gasteiger partial charge is 0.410 e. The van der Waals surface area contributed by atoms with Crippen molar-refractivity contribution >= 4 is 11.7 Å².